The molecule has 0 aromatic heterocycles. The molecule has 154 valence electrons. The Morgan fingerprint density at radius 2 is 1.69 bits per heavy atom. The van der Waals surface area contributed by atoms with Crippen LogP contribution in [0.4, 0.5) is 5.69 Å². The summed E-state index contributed by atoms with van der Waals surface area (Å²) in [7, 11) is 0. The summed E-state index contributed by atoms with van der Waals surface area (Å²) < 4.78 is 5.52. The van der Waals surface area contributed by atoms with E-state index in [1.807, 2.05) is 26.0 Å². The quantitative estimate of drug-likeness (QED) is 0.664. The van der Waals surface area contributed by atoms with Crippen molar-refractivity contribution >= 4 is 23.3 Å². The van der Waals surface area contributed by atoms with E-state index in [1.165, 1.54) is 0 Å². The van der Waals surface area contributed by atoms with Crippen LogP contribution in [0.2, 0.25) is 0 Å². The molecule has 0 aliphatic rings. The fourth-order valence-electron chi connectivity index (χ4n) is 2.84. The minimum Gasteiger partial charge on any atom is -0.484 e. The number of hydrogen-bond donors (Lipinski definition) is 1. The number of hydrogen-bond acceptors (Lipinski definition) is 4. The molecular formula is C23H28N2O4. The van der Waals surface area contributed by atoms with Crippen molar-refractivity contribution in [3.05, 3.63) is 59.7 Å². The standard InChI is InChI=1S/C23H28N2O4/c1-4-25(5-2)23(28)19-7-6-8-20(15-19)24-22(27)16-29-21-13-11-18(12-14-21)10-9-17(3)26/h6-8,11-15H,4-5,9-10,16H2,1-3H3,(H,24,27). The summed E-state index contributed by atoms with van der Waals surface area (Å²) in [5, 5.41) is 2.75. The number of anilines is 1. The lowest BCUT2D eigenvalue weighted by Crippen LogP contribution is -2.30. The zero-order valence-corrected chi connectivity index (χ0v) is 17.2. The number of nitrogens with zero attached hydrogens (tertiary/aromatic N) is 1. The SMILES string of the molecule is CCN(CC)C(=O)c1cccc(NC(=O)COc2ccc(CCC(C)=O)cc2)c1. The Morgan fingerprint density at radius 1 is 1.00 bits per heavy atom. The minimum absolute atomic E-state index is 0.0628. The largest absolute Gasteiger partial charge is 0.484 e. The van der Waals surface area contributed by atoms with Crippen molar-refractivity contribution in [3.8, 4) is 5.75 Å². The third-order valence-corrected chi connectivity index (χ3v) is 4.50. The van der Waals surface area contributed by atoms with Gasteiger partial charge in [-0.2, -0.15) is 0 Å². The summed E-state index contributed by atoms with van der Waals surface area (Å²) in [5.74, 6) is 0.368. The predicted molar refractivity (Wildman–Crippen MR) is 113 cm³/mol. The highest BCUT2D eigenvalue weighted by Gasteiger charge is 2.13. The fourth-order valence-corrected chi connectivity index (χ4v) is 2.84. The maximum atomic E-state index is 12.4. The summed E-state index contributed by atoms with van der Waals surface area (Å²) in [6.07, 6.45) is 1.21. The first-order chi connectivity index (χ1) is 13.9. The van der Waals surface area contributed by atoms with E-state index in [-0.39, 0.29) is 24.2 Å². The van der Waals surface area contributed by atoms with Crippen molar-refractivity contribution in [3.63, 3.8) is 0 Å². The van der Waals surface area contributed by atoms with Gasteiger partial charge in [-0.05, 0) is 63.1 Å². The van der Waals surface area contributed by atoms with Gasteiger partial charge in [0, 0.05) is 30.8 Å². The Morgan fingerprint density at radius 3 is 2.31 bits per heavy atom. The Balaban J connectivity index is 1.88. The highest BCUT2D eigenvalue weighted by atomic mass is 16.5. The van der Waals surface area contributed by atoms with Crippen LogP contribution in [0.25, 0.3) is 0 Å². The van der Waals surface area contributed by atoms with E-state index in [0.717, 1.165) is 5.56 Å². The first kappa shape index (κ1) is 22.1. The average molecular weight is 396 g/mol. The smallest absolute Gasteiger partial charge is 0.262 e. The monoisotopic (exact) mass is 396 g/mol. The molecule has 2 aromatic carbocycles. The van der Waals surface area contributed by atoms with Gasteiger partial charge in [0.25, 0.3) is 11.8 Å². The van der Waals surface area contributed by atoms with Crippen LogP contribution in [0.15, 0.2) is 48.5 Å². The molecule has 0 radical (unpaired) electrons. The molecule has 29 heavy (non-hydrogen) atoms. The van der Waals surface area contributed by atoms with Gasteiger partial charge < -0.3 is 19.7 Å². The van der Waals surface area contributed by atoms with Crippen LogP contribution in [-0.2, 0) is 16.0 Å². The molecule has 0 fully saturated rings. The molecule has 6 heteroatoms. The summed E-state index contributed by atoms with van der Waals surface area (Å²) >= 11 is 0. The maximum absolute atomic E-state index is 12.4. The van der Waals surface area contributed by atoms with Gasteiger partial charge in [-0.25, -0.2) is 0 Å². The van der Waals surface area contributed by atoms with Crippen molar-refractivity contribution < 1.29 is 19.1 Å². The van der Waals surface area contributed by atoms with Crippen LogP contribution in [0.1, 0.15) is 43.1 Å². The third-order valence-electron chi connectivity index (χ3n) is 4.50. The lowest BCUT2D eigenvalue weighted by molar-refractivity contribution is -0.118. The molecule has 0 unspecified atom stereocenters. The molecule has 0 saturated heterocycles. The summed E-state index contributed by atoms with van der Waals surface area (Å²) in [6.45, 7) is 6.56. The van der Waals surface area contributed by atoms with Gasteiger partial charge >= 0.3 is 0 Å². The van der Waals surface area contributed by atoms with E-state index >= 15 is 0 Å². The van der Waals surface area contributed by atoms with E-state index in [9.17, 15) is 14.4 Å². The number of carbonyl (C=O) groups excluding carboxylic acids is 3. The zero-order valence-electron chi connectivity index (χ0n) is 17.2. The number of ketones is 1. The average Bonchev–Trinajstić information content (AvgIpc) is 2.72. The molecular weight excluding hydrogens is 368 g/mol. The molecule has 0 spiro atoms. The third kappa shape index (κ3) is 7.07. The second kappa shape index (κ2) is 11.0. The summed E-state index contributed by atoms with van der Waals surface area (Å²) in [4.78, 5) is 37.4. The molecule has 0 heterocycles. The van der Waals surface area contributed by atoms with E-state index in [1.54, 1.807) is 48.2 Å². The van der Waals surface area contributed by atoms with Gasteiger partial charge in [-0.1, -0.05) is 18.2 Å². The van der Waals surface area contributed by atoms with Crippen molar-refractivity contribution in [1.29, 1.82) is 0 Å². The highest BCUT2D eigenvalue weighted by molar-refractivity contribution is 5.97. The van der Waals surface area contributed by atoms with Crippen LogP contribution in [0.5, 0.6) is 5.75 Å². The Labute approximate surface area is 171 Å². The number of Topliss-reactive ketones (excluding diaryl/α,β-unsaturated/α-hetero) is 1. The summed E-state index contributed by atoms with van der Waals surface area (Å²) in [6, 6.07) is 14.2. The molecule has 0 atom stereocenters. The second-order valence-corrected chi connectivity index (χ2v) is 6.74. The normalized spacial score (nSPS) is 10.3. The molecule has 0 saturated carbocycles. The maximum Gasteiger partial charge on any atom is 0.262 e. The lowest BCUT2D eigenvalue weighted by atomic mass is 10.1. The molecule has 0 bridgehead atoms. The number of aryl methyl sites for hydroxylation is 1. The van der Waals surface area contributed by atoms with Gasteiger partial charge in [-0.3, -0.25) is 9.59 Å². The van der Waals surface area contributed by atoms with Crippen molar-refractivity contribution in [2.75, 3.05) is 25.0 Å². The predicted octanol–water partition coefficient (Wildman–Crippen LogP) is 3.71. The van der Waals surface area contributed by atoms with Crippen molar-refractivity contribution in [2.24, 2.45) is 0 Å². The number of rotatable bonds is 10. The zero-order chi connectivity index (χ0) is 21.2. The van der Waals surface area contributed by atoms with Crippen LogP contribution < -0.4 is 10.1 Å². The first-order valence-corrected chi connectivity index (χ1v) is 9.83. The number of carbonyl (C=O) groups is 3. The van der Waals surface area contributed by atoms with Crippen LogP contribution in [0, 0.1) is 0 Å². The van der Waals surface area contributed by atoms with Gasteiger partial charge in [-0.15, -0.1) is 0 Å². The number of benzene rings is 2. The van der Waals surface area contributed by atoms with Gasteiger partial charge in [0.05, 0.1) is 0 Å². The molecule has 0 aliphatic carbocycles. The van der Waals surface area contributed by atoms with Crippen LogP contribution >= 0.6 is 0 Å². The Hall–Kier alpha value is -3.15. The number of amides is 2. The van der Waals surface area contributed by atoms with Gasteiger partial charge in [0.2, 0.25) is 0 Å². The molecule has 6 nitrogen and oxygen atoms in total. The Bertz CT molecular complexity index is 842. The summed E-state index contributed by atoms with van der Waals surface area (Å²) in [5.41, 5.74) is 2.14. The van der Waals surface area contributed by atoms with E-state index in [0.29, 0.717) is 42.9 Å². The lowest BCUT2D eigenvalue weighted by Gasteiger charge is -2.19. The van der Waals surface area contributed by atoms with E-state index < -0.39 is 0 Å². The second-order valence-electron chi connectivity index (χ2n) is 6.74. The van der Waals surface area contributed by atoms with Crippen molar-refractivity contribution in [2.45, 2.75) is 33.6 Å². The van der Waals surface area contributed by atoms with E-state index in [2.05, 4.69) is 5.32 Å². The number of ether oxygens (including phenoxy) is 1. The van der Waals surface area contributed by atoms with Crippen molar-refractivity contribution in [1.82, 2.24) is 4.90 Å². The molecule has 0 aliphatic heterocycles. The van der Waals surface area contributed by atoms with Crippen LogP contribution in [0.3, 0.4) is 0 Å². The topological polar surface area (TPSA) is 75.7 Å². The van der Waals surface area contributed by atoms with E-state index in [4.69, 9.17) is 4.74 Å². The highest BCUT2D eigenvalue weighted by Crippen LogP contribution is 2.15. The molecule has 2 aromatic rings. The fraction of sp³-hybridized carbons (Fsp3) is 0.348. The molecule has 2 rings (SSSR count). The molecule has 1 N–H and O–H groups in total. The number of nitrogens with one attached hydrogen (secondary N) is 1. The van der Waals surface area contributed by atoms with Crippen LogP contribution in [-0.4, -0.2) is 42.2 Å². The first-order valence-electron chi connectivity index (χ1n) is 9.83. The minimum atomic E-state index is -0.307. The molecule has 2 amide bonds. The van der Waals surface area contributed by atoms with Gasteiger partial charge in [0.1, 0.15) is 11.5 Å². The van der Waals surface area contributed by atoms with Gasteiger partial charge in [0.15, 0.2) is 6.61 Å². The Kier molecular flexibility index (Phi) is 8.40.